The summed E-state index contributed by atoms with van der Waals surface area (Å²) in [4.78, 5) is 13.9. The largest absolute Gasteiger partial charge is 0.339 e. The Balaban J connectivity index is 1.77. The van der Waals surface area contributed by atoms with Gasteiger partial charge in [-0.1, -0.05) is 12.2 Å². The zero-order valence-corrected chi connectivity index (χ0v) is 9.76. The Hall–Kier alpha value is -0.480. The Morgan fingerprint density at radius 2 is 2.47 bits per heavy atom. The Kier molecular flexibility index (Phi) is 4.09. The first-order valence-electron chi connectivity index (χ1n) is 5.60. The molecule has 1 unspecified atom stereocenters. The molecule has 1 atom stereocenters. The molecule has 0 aromatic carbocycles. The molecule has 0 radical (unpaired) electrons. The smallest absolute Gasteiger partial charge is 0.224 e. The van der Waals surface area contributed by atoms with E-state index < -0.39 is 0 Å². The molecular weight excluding hydrogens is 208 g/mol. The molecule has 4 heteroatoms. The van der Waals surface area contributed by atoms with Crippen molar-refractivity contribution < 1.29 is 4.79 Å². The van der Waals surface area contributed by atoms with Crippen LogP contribution in [0.5, 0.6) is 0 Å². The first kappa shape index (κ1) is 11.0. The van der Waals surface area contributed by atoms with E-state index in [4.69, 9.17) is 0 Å². The van der Waals surface area contributed by atoms with Gasteiger partial charge in [0.1, 0.15) is 0 Å². The van der Waals surface area contributed by atoms with Crippen LogP contribution in [0.2, 0.25) is 0 Å². The number of nitrogens with one attached hydrogen (secondary N) is 1. The van der Waals surface area contributed by atoms with Crippen molar-refractivity contribution in [2.75, 3.05) is 31.1 Å². The van der Waals surface area contributed by atoms with E-state index in [-0.39, 0.29) is 0 Å². The van der Waals surface area contributed by atoms with Gasteiger partial charge >= 0.3 is 0 Å². The van der Waals surface area contributed by atoms with Gasteiger partial charge in [0.2, 0.25) is 5.91 Å². The molecule has 1 fully saturated rings. The summed E-state index contributed by atoms with van der Waals surface area (Å²) in [6, 6.07) is 0.391. The van der Waals surface area contributed by atoms with Crippen LogP contribution in [0, 0.1) is 0 Å². The summed E-state index contributed by atoms with van der Waals surface area (Å²) in [5, 5.41) is 3.40. The van der Waals surface area contributed by atoms with E-state index in [0.717, 1.165) is 31.8 Å². The summed E-state index contributed by atoms with van der Waals surface area (Å²) in [6.45, 7) is 2.75. The van der Waals surface area contributed by atoms with Crippen LogP contribution in [-0.4, -0.2) is 48.0 Å². The van der Waals surface area contributed by atoms with Crippen molar-refractivity contribution in [3.63, 3.8) is 0 Å². The lowest BCUT2D eigenvalue weighted by Gasteiger charge is -2.28. The van der Waals surface area contributed by atoms with Crippen LogP contribution in [0.3, 0.4) is 0 Å². The quantitative estimate of drug-likeness (QED) is 0.709. The predicted molar refractivity (Wildman–Crippen MR) is 64.1 cm³/mol. The molecule has 84 valence electrons. The van der Waals surface area contributed by atoms with Crippen LogP contribution >= 0.6 is 11.8 Å². The molecule has 1 saturated heterocycles. The summed E-state index contributed by atoms with van der Waals surface area (Å²) < 4.78 is 0. The first-order valence-corrected chi connectivity index (χ1v) is 6.75. The maximum Gasteiger partial charge on any atom is 0.224 e. The molecule has 0 saturated carbocycles. The third kappa shape index (κ3) is 3.24. The van der Waals surface area contributed by atoms with Crippen molar-refractivity contribution in [1.82, 2.24) is 10.2 Å². The summed E-state index contributed by atoms with van der Waals surface area (Å²) in [5.74, 6) is 2.56. The summed E-state index contributed by atoms with van der Waals surface area (Å²) in [5.41, 5.74) is 0. The van der Waals surface area contributed by atoms with Crippen LogP contribution in [0.1, 0.15) is 12.8 Å². The maximum absolute atomic E-state index is 11.9. The number of carbonyl (C=O) groups excluding carboxylic acids is 1. The molecule has 3 nitrogen and oxygen atoms in total. The summed E-state index contributed by atoms with van der Waals surface area (Å²) >= 11 is 1.94. The molecule has 0 bridgehead atoms. The van der Waals surface area contributed by atoms with Gasteiger partial charge < -0.3 is 10.2 Å². The highest BCUT2D eigenvalue weighted by atomic mass is 32.2. The van der Waals surface area contributed by atoms with Crippen LogP contribution in [0.15, 0.2) is 12.2 Å². The van der Waals surface area contributed by atoms with Crippen LogP contribution in [-0.2, 0) is 4.79 Å². The molecule has 1 N–H and O–H groups in total. The summed E-state index contributed by atoms with van der Waals surface area (Å²) in [7, 11) is 0. The van der Waals surface area contributed by atoms with Crippen LogP contribution in [0.4, 0.5) is 0 Å². The molecule has 2 aliphatic heterocycles. The monoisotopic (exact) mass is 226 g/mol. The number of hydrogen-bond acceptors (Lipinski definition) is 3. The minimum Gasteiger partial charge on any atom is -0.339 e. The van der Waals surface area contributed by atoms with E-state index in [2.05, 4.69) is 17.5 Å². The average molecular weight is 226 g/mol. The number of nitrogens with zero attached hydrogens (tertiary/aromatic N) is 1. The van der Waals surface area contributed by atoms with Gasteiger partial charge in [0.15, 0.2) is 0 Å². The van der Waals surface area contributed by atoms with Gasteiger partial charge in [-0.05, 0) is 6.42 Å². The van der Waals surface area contributed by atoms with E-state index in [0.29, 0.717) is 18.4 Å². The number of hydrogen-bond donors (Lipinski definition) is 1. The molecule has 0 aromatic heterocycles. The maximum atomic E-state index is 11.9. The molecule has 2 rings (SSSR count). The van der Waals surface area contributed by atoms with Gasteiger partial charge in [-0.15, -0.1) is 0 Å². The average Bonchev–Trinajstić information content (AvgIpc) is 2.31. The lowest BCUT2D eigenvalue weighted by atomic mass is 10.1. The van der Waals surface area contributed by atoms with Gasteiger partial charge in [0.25, 0.3) is 0 Å². The van der Waals surface area contributed by atoms with Gasteiger partial charge in [0.05, 0.1) is 0 Å². The van der Waals surface area contributed by atoms with Crippen LogP contribution < -0.4 is 5.32 Å². The number of thioether (sulfide) groups is 1. The number of carbonyl (C=O) groups is 1. The molecular formula is C11H18N2OS. The van der Waals surface area contributed by atoms with Crippen LogP contribution in [0.25, 0.3) is 0 Å². The fraction of sp³-hybridized carbons (Fsp3) is 0.727. The molecule has 0 aliphatic carbocycles. The van der Waals surface area contributed by atoms with Crippen molar-refractivity contribution in [3.8, 4) is 0 Å². The second kappa shape index (κ2) is 5.56. The highest BCUT2D eigenvalue weighted by Gasteiger charge is 2.20. The minimum absolute atomic E-state index is 0.305. The Bertz CT molecular complexity index is 249. The molecule has 15 heavy (non-hydrogen) atoms. The number of rotatable bonds is 2. The van der Waals surface area contributed by atoms with Gasteiger partial charge in [-0.2, -0.15) is 11.8 Å². The fourth-order valence-corrected chi connectivity index (χ4v) is 2.91. The zero-order chi connectivity index (χ0) is 10.5. The van der Waals surface area contributed by atoms with E-state index in [1.807, 2.05) is 16.7 Å². The second-order valence-electron chi connectivity index (χ2n) is 4.03. The van der Waals surface area contributed by atoms with Crippen molar-refractivity contribution in [3.05, 3.63) is 12.2 Å². The lowest BCUT2D eigenvalue weighted by Crippen LogP contribution is -2.43. The van der Waals surface area contributed by atoms with Gasteiger partial charge in [-0.3, -0.25) is 4.79 Å². The normalized spacial score (nSPS) is 26.7. The Morgan fingerprint density at radius 3 is 3.13 bits per heavy atom. The van der Waals surface area contributed by atoms with Crippen molar-refractivity contribution in [2.24, 2.45) is 0 Å². The Labute approximate surface area is 95.3 Å². The van der Waals surface area contributed by atoms with E-state index in [9.17, 15) is 4.79 Å². The SMILES string of the molecule is O=C(CC1CSCCN1)N1CC=CCC1. The first-order chi connectivity index (χ1) is 7.36. The van der Waals surface area contributed by atoms with Gasteiger partial charge in [-0.25, -0.2) is 0 Å². The van der Waals surface area contributed by atoms with E-state index >= 15 is 0 Å². The fourth-order valence-electron chi connectivity index (χ4n) is 1.96. The minimum atomic E-state index is 0.305. The number of amides is 1. The van der Waals surface area contributed by atoms with Crippen molar-refractivity contribution in [2.45, 2.75) is 18.9 Å². The third-order valence-electron chi connectivity index (χ3n) is 2.83. The van der Waals surface area contributed by atoms with Gasteiger partial charge in [0, 0.05) is 43.6 Å². The molecule has 0 spiro atoms. The summed E-state index contributed by atoms with van der Waals surface area (Å²) in [6.07, 6.45) is 5.92. The van der Waals surface area contributed by atoms with Crippen molar-refractivity contribution >= 4 is 17.7 Å². The zero-order valence-electron chi connectivity index (χ0n) is 8.95. The standard InChI is InChI=1S/C11H18N2OS/c14-11(13-5-2-1-3-6-13)8-10-9-15-7-4-12-10/h1-2,10,12H,3-9H2. The molecule has 1 amide bonds. The Morgan fingerprint density at radius 1 is 1.53 bits per heavy atom. The second-order valence-corrected chi connectivity index (χ2v) is 5.18. The van der Waals surface area contributed by atoms with E-state index in [1.54, 1.807) is 0 Å². The van der Waals surface area contributed by atoms with E-state index in [1.165, 1.54) is 5.75 Å². The molecule has 2 aliphatic rings. The highest BCUT2D eigenvalue weighted by molar-refractivity contribution is 7.99. The lowest BCUT2D eigenvalue weighted by molar-refractivity contribution is -0.131. The third-order valence-corrected chi connectivity index (χ3v) is 3.96. The topological polar surface area (TPSA) is 32.3 Å². The highest BCUT2D eigenvalue weighted by Crippen LogP contribution is 2.12. The van der Waals surface area contributed by atoms with Crippen molar-refractivity contribution in [1.29, 1.82) is 0 Å². The predicted octanol–water partition coefficient (Wildman–Crippen LogP) is 0.870. The molecule has 2 heterocycles. The molecule has 0 aromatic rings.